The molecule has 9 aliphatic rings. The zero-order valence-electron chi connectivity index (χ0n) is 43.8. The number of aliphatic hydroxyl groups excluding tert-OH is 13. The van der Waals surface area contributed by atoms with Gasteiger partial charge in [-0.1, -0.05) is 53.2 Å². The summed E-state index contributed by atoms with van der Waals surface area (Å²) in [4.78, 5) is 27.0. The normalized spacial score (nSPS) is 55.2. The molecule has 76 heavy (non-hydrogen) atoms. The molecule has 434 valence electrons. The SMILES string of the molecule is CC1(C)C[C@H](O)[C@]2(CO)[C@H](O)C[C@]3(C)C(=CC[C@@H]4[C@@]5(C)CC[C@H](O[C@@H]6O[C@H](C(=O)O)[C@@H](O)[C@H](O[C@@H]7OC[C@H](O)[C@H](O)[C@H]7O[C@@H]7OC[C@@H](O)[C@H](O)[C@H]7O)[C@H]6O[C@@H]6O[C@H](CO)[C@H](O)[C@H](O)[C@H]6O)[C@@](C)(C=O)[C@@H]5CC[C@]43C)[C@@H]2C1. The molecule has 24 heteroatoms. The smallest absolute Gasteiger partial charge is 0.335 e. The first-order chi connectivity index (χ1) is 35.6. The molecule has 0 spiro atoms. The van der Waals surface area contributed by atoms with Crippen LogP contribution in [0.1, 0.15) is 92.9 Å². The van der Waals surface area contributed by atoms with Crippen molar-refractivity contribution in [2.45, 2.75) is 222 Å². The topological polar surface area (TPSA) is 391 Å². The first-order valence-corrected chi connectivity index (χ1v) is 26.8. The standard InChI is InChI=1S/C52H82O24/c1-47(2)13-22-21-7-8-27-48(3)11-10-30(49(4,19-54)26(48)9-12-50(27,5)51(21,6)15-29(59)52(22,20-55)28(58)14-47)72-46-41(76-44-36(65)34(63)33(62)25(16-53)71-44)38(37(66)39(74-46)42(67)68)73-45-40(32(61)24(57)18-70-45)75-43-35(64)31(60)23(56)17-69-43/h7,19,22-41,43-46,53,55-66H,8-18,20H2,1-6H3,(H,67,68)/t22-,23+,24-,25+,26+,27+,28-,29+,30-,31-,32-,33-,34-,35+,36+,37-,38-,39-,40+,41+,43-,44-,45-,46+,48-,49-,50+,51+,52+/m0/s1. The van der Waals surface area contributed by atoms with Gasteiger partial charge in [0.05, 0.1) is 55.6 Å². The molecule has 0 radical (unpaired) electrons. The minimum Gasteiger partial charge on any atom is -0.479 e. The summed E-state index contributed by atoms with van der Waals surface area (Å²) in [6.45, 7) is 10.2. The number of carbonyl (C=O) groups is 2. The number of aliphatic carboxylic acids is 1. The van der Waals surface area contributed by atoms with Crippen molar-refractivity contribution in [1.82, 2.24) is 0 Å². The van der Waals surface area contributed by atoms with Gasteiger partial charge in [-0.3, -0.25) is 0 Å². The monoisotopic (exact) mass is 1090 g/mol. The molecule has 24 nitrogen and oxygen atoms in total. The second kappa shape index (κ2) is 21.1. The number of ether oxygens (including phenoxy) is 8. The van der Waals surface area contributed by atoms with Crippen molar-refractivity contribution < 1.29 is 119 Å². The van der Waals surface area contributed by atoms with E-state index in [0.29, 0.717) is 44.9 Å². The average molecular weight is 1090 g/mol. The van der Waals surface area contributed by atoms with E-state index < -0.39 is 182 Å². The second-order valence-corrected chi connectivity index (χ2v) is 25.3. The van der Waals surface area contributed by atoms with E-state index >= 15 is 0 Å². The zero-order chi connectivity index (χ0) is 55.6. The minimum absolute atomic E-state index is 0.0476. The largest absolute Gasteiger partial charge is 0.479 e. The van der Waals surface area contributed by atoms with Crippen LogP contribution in [0.2, 0.25) is 0 Å². The molecule has 0 amide bonds. The number of aliphatic hydroxyl groups is 13. The van der Waals surface area contributed by atoms with Gasteiger partial charge in [0, 0.05) is 0 Å². The Morgan fingerprint density at radius 2 is 1.26 bits per heavy atom. The highest BCUT2D eigenvalue weighted by atomic mass is 16.8. The maximum atomic E-state index is 14.0. The van der Waals surface area contributed by atoms with Crippen LogP contribution in [0.4, 0.5) is 0 Å². The van der Waals surface area contributed by atoms with Crippen LogP contribution in [0.25, 0.3) is 0 Å². The summed E-state index contributed by atoms with van der Waals surface area (Å²) >= 11 is 0. The maximum Gasteiger partial charge on any atom is 0.335 e. The Morgan fingerprint density at radius 3 is 1.91 bits per heavy atom. The van der Waals surface area contributed by atoms with Crippen LogP contribution in [0.5, 0.6) is 0 Å². The van der Waals surface area contributed by atoms with E-state index in [1.54, 1.807) is 6.92 Å². The number of hydrogen-bond acceptors (Lipinski definition) is 23. The second-order valence-electron chi connectivity index (χ2n) is 25.3. The van der Waals surface area contributed by atoms with E-state index in [0.717, 1.165) is 11.9 Å². The van der Waals surface area contributed by atoms with Gasteiger partial charge in [-0.05, 0) is 90.8 Å². The van der Waals surface area contributed by atoms with Gasteiger partial charge < -0.3 is 114 Å². The predicted molar refractivity (Wildman–Crippen MR) is 254 cm³/mol. The maximum absolute atomic E-state index is 14.0. The first kappa shape index (κ1) is 58.7. The van der Waals surface area contributed by atoms with Crippen molar-refractivity contribution >= 4 is 12.3 Å². The highest BCUT2D eigenvalue weighted by Crippen LogP contribution is 2.76. The quantitative estimate of drug-likeness (QED) is 0.0524. The molecular weight excluding hydrogens is 1010 g/mol. The number of carboxylic acid groups (broad SMARTS) is 1. The van der Waals surface area contributed by atoms with Crippen LogP contribution in [-0.2, 0) is 47.5 Å². The van der Waals surface area contributed by atoms with Crippen molar-refractivity contribution in [3.8, 4) is 0 Å². The highest BCUT2D eigenvalue weighted by Gasteiger charge is 2.72. The van der Waals surface area contributed by atoms with Crippen LogP contribution >= 0.6 is 0 Å². The van der Waals surface area contributed by atoms with Gasteiger partial charge in [-0.15, -0.1) is 0 Å². The van der Waals surface area contributed by atoms with E-state index in [1.165, 1.54) is 0 Å². The third-order valence-electron chi connectivity index (χ3n) is 20.7. The lowest BCUT2D eigenvalue weighted by Crippen LogP contribution is -2.70. The first-order valence-electron chi connectivity index (χ1n) is 26.8. The Morgan fingerprint density at radius 1 is 0.645 bits per heavy atom. The third-order valence-corrected chi connectivity index (χ3v) is 20.7. The molecule has 0 unspecified atom stereocenters. The van der Waals surface area contributed by atoms with E-state index in [2.05, 4.69) is 40.7 Å². The van der Waals surface area contributed by atoms with E-state index in [1.807, 2.05) is 0 Å². The van der Waals surface area contributed by atoms with Crippen LogP contribution in [0, 0.1) is 50.2 Å². The number of aldehydes is 1. The fraction of sp³-hybridized carbons (Fsp3) is 0.923. The number of hydrogen-bond donors (Lipinski definition) is 14. The number of fused-ring (bicyclic) bond motifs is 7. The number of carboxylic acids is 1. The molecule has 14 N–H and O–H groups in total. The number of carbonyl (C=O) groups excluding carboxylic acids is 1. The van der Waals surface area contributed by atoms with E-state index in [-0.39, 0.29) is 36.2 Å². The molecule has 29 atom stereocenters. The Kier molecular flexibility index (Phi) is 16.3. The van der Waals surface area contributed by atoms with Crippen LogP contribution in [0.15, 0.2) is 11.6 Å². The molecule has 0 aromatic rings. The molecule has 0 aromatic carbocycles. The molecule has 9 rings (SSSR count). The van der Waals surface area contributed by atoms with Gasteiger partial charge in [0.25, 0.3) is 0 Å². The lowest BCUT2D eigenvalue weighted by Gasteiger charge is -2.72. The molecule has 4 heterocycles. The molecule has 8 fully saturated rings. The Bertz CT molecular complexity index is 2130. The lowest BCUT2D eigenvalue weighted by molar-refractivity contribution is -0.398. The van der Waals surface area contributed by atoms with E-state index in [9.17, 15) is 81.1 Å². The van der Waals surface area contributed by atoms with Gasteiger partial charge >= 0.3 is 5.97 Å². The van der Waals surface area contributed by atoms with Crippen molar-refractivity contribution in [1.29, 1.82) is 0 Å². The molecule has 4 saturated carbocycles. The summed E-state index contributed by atoms with van der Waals surface area (Å²) < 4.78 is 48.0. The Balaban J connectivity index is 1.05. The summed E-state index contributed by atoms with van der Waals surface area (Å²) in [6, 6.07) is 0. The average Bonchev–Trinajstić information content (AvgIpc) is 3.38. The molecule has 4 saturated heterocycles. The summed E-state index contributed by atoms with van der Waals surface area (Å²) in [7, 11) is 0. The third kappa shape index (κ3) is 9.18. The molecule has 5 aliphatic carbocycles. The highest BCUT2D eigenvalue weighted by molar-refractivity contribution is 5.73. The van der Waals surface area contributed by atoms with Gasteiger partial charge in [-0.2, -0.15) is 0 Å². The minimum atomic E-state index is -2.24. The fourth-order valence-electron chi connectivity index (χ4n) is 16.2. The molecular formula is C52H82O24. The molecule has 0 aromatic heterocycles. The van der Waals surface area contributed by atoms with Gasteiger partial charge in [0.1, 0.15) is 85.6 Å². The Hall–Kier alpha value is -1.96. The van der Waals surface area contributed by atoms with Crippen molar-refractivity contribution in [2.24, 2.45) is 50.2 Å². The zero-order valence-corrected chi connectivity index (χ0v) is 43.8. The molecule has 0 bridgehead atoms. The summed E-state index contributed by atoms with van der Waals surface area (Å²) in [5.74, 6) is -2.44. The van der Waals surface area contributed by atoms with Gasteiger partial charge in [0.15, 0.2) is 31.3 Å². The predicted octanol–water partition coefficient (Wildman–Crippen LogP) is -3.07. The number of rotatable bonds is 12. The van der Waals surface area contributed by atoms with Crippen molar-refractivity contribution in [3.63, 3.8) is 0 Å². The number of allylic oxidation sites excluding steroid dienone is 2. The van der Waals surface area contributed by atoms with Crippen molar-refractivity contribution in [2.75, 3.05) is 26.4 Å². The van der Waals surface area contributed by atoms with Gasteiger partial charge in [0.2, 0.25) is 0 Å². The summed E-state index contributed by atoms with van der Waals surface area (Å²) in [5.41, 5.74) is -3.14. The Labute approximate surface area is 440 Å². The van der Waals surface area contributed by atoms with Crippen LogP contribution < -0.4 is 0 Å². The summed E-state index contributed by atoms with van der Waals surface area (Å²) in [6.07, 6.45) is -30.2. The van der Waals surface area contributed by atoms with Gasteiger partial charge in [-0.25, -0.2) is 4.79 Å². The summed E-state index contributed by atoms with van der Waals surface area (Å²) in [5, 5.41) is 153. The molecule has 4 aliphatic heterocycles. The lowest BCUT2D eigenvalue weighted by atomic mass is 9.33. The fourth-order valence-corrected chi connectivity index (χ4v) is 16.2. The van der Waals surface area contributed by atoms with Crippen LogP contribution in [-0.4, -0.2) is 239 Å². The van der Waals surface area contributed by atoms with E-state index in [4.69, 9.17) is 37.9 Å². The van der Waals surface area contributed by atoms with Crippen molar-refractivity contribution in [3.05, 3.63) is 11.6 Å². The van der Waals surface area contributed by atoms with Crippen LogP contribution in [0.3, 0.4) is 0 Å².